The molecule has 1 aromatic rings. The fourth-order valence-electron chi connectivity index (χ4n) is 2.35. The van der Waals surface area contributed by atoms with E-state index in [0.29, 0.717) is 13.1 Å². The Balaban J connectivity index is 1.71. The minimum Gasteiger partial charge on any atom is -0.388 e. The number of β-amino-alcohol motifs (C(OH)–C–C–N with tert-alkyl or cyclic N) is 1. The Morgan fingerprint density at radius 1 is 1.50 bits per heavy atom. The third-order valence-corrected chi connectivity index (χ3v) is 4.42. The highest BCUT2D eigenvalue weighted by Crippen LogP contribution is 2.11. The fraction of sp³-hybridized carbons (Fsp3) is 0.786. The Kier molecular flexibility index (Phi) is 5.92. The van der Waals surface area contributed by atoms with Crippen LogP contribution in [0.3, 0.4) is 0 Å². The van der Waals surface area contributed by atoms with E-state index in [0.717, 1.165) is 45.0 Å². The predicted molar refractivity (Wildman–Crippen MR) is 81.1 cm³/mol. The van der Waals surface area contributed by atoms with Gasteiger partial charge in [0.15, 0.2) is 0 Å². The van der Waals surface area contributed by atoms with E-state index >= 15 is 0 Å². The normalized spacial score (nSPS) is 19.9. The zero-order valence-electron chi connectivity index (χ0n) is 12.4. The summed E-state index contributed by atoms with van der Waals surface area (Å²) >= 11 is 1.70. The fourth-order valence-corrected chi connectivity index (χ4v) is 3.09. The second-order valence-electron chi connectivity index (χ2n) is 5.58. The summed E-state index contributed by atoms with van der Waals surface area (Å²) in [7, 11) is 0. The number of thiazole rings is 1. The van der Waals surface area contributed by atoms with Crippen LogP contribution in [0.2, 0.25) is 0 Å². The molecule has 6 heteroatoms. The van der Waals surface area contributed by atoms with Crippen LogP contribution in [0.5, 0.6) is 0 Å². The number of morpholine rings is 1. The monoisotopic (exact) mass is 299 g/mol. The van der Waals surface area contributed by atoms with E-state index < -0.39 is 5.60 Å². The smallest absolute Gasteiger partial charge is 0.0926 e. The molecule has 1 aliphatic heterocycles. The lowest BCUT2D eigenvalue weighted by Gasteiger charge is -2.33. The standard InChI is InChI=1S/C14H25N3O2S/c1-3-13-16-12(9-20-13)8-15-10-14(2,18)11-17-4-6-19-7-5-17/h9,15,18H,3-8,10-11H2,1-2H3. The van der Waals surface area contributed by atoms with Gasteiger partial charge in [-0.25, -0.2) is 4.98 Å². The summed E-state index contributed by atoms with van der Waals surface area (Å²) in [5, 5.41) is 17.0. The first kappa shape index (κ1) is 15.9. The van der Waals surface area contributed by atoms with Crippen LogP contribution in [0.4, 0.5) is 0 Å². The number of rotatable bonds is 7. The van der Waals surface area contributed by atoms with E-state index in [4.69, 9.17) is 4.74 Å². The van der Waals surface area contributed by atoms with Crippen LogP contribution in [-0.2, 0) is 17.7 Å². The molecule has 20 heavy (non-hydrogen) atoms. The maximum Gasteiger partial charge on any atom is 0.0926 e. The number of ether oxygens (including phenoxy) is 1. The van der Waals surface area contributed by atoms with E-state index in [1.165, 1.54) is 5.01 Å². The van der Waals surface area contributed by atoms with Crippen molar-refractivity contribution in [3.8, 4) is 0 Å². The quantitative estimate of drug-likeness (QED) is 0.783. The molecule has 0 spiro atoms. The van der Waals surface area contributed by atoms with Crippen LogP contribution in [0.1, 0.15) is 24.5 Å². The molecule has 2 N–H and O–H groups in total. The highest BCUT2D eigenvalue weighted by molar-refractivity contribution is 7.09. The lowest BCUT2D eigenvalue weighted by atomic mass is 10.1. The van der Waals surface area contributed by atoms with Crippen molar-refractivity contribution in [3.05, 3.63) is 16.1 Å². The topological polar surface area (TPSA) is 57.6 Å². The predicted octanol–water partition coefficient (Wildman–Crippen LogP) is 0.878. The Labute approximate surface area is 125 Å². The van der Waals surface area contributed by atoms with Gasteiger partial charge in [-0.15, -0.1) is 11.3 Å². The van der Waals surface area contributed by atoms with Gasteiger partial charge in [0.25, 0.3) is 0 Å². The number of nitrogens with one attached hydrogen (secondary N) is 1. The van der Waals surface area contributed by atoms with Crippen molar-refractivity contribution in [3.63, 3.8) is 0 Å². The van der Waals surface area contributed by atoms with E-state index in [1.54, 1.807) is 11.3 Å². The summed E-state index contributed by atoms with van der Waals surface area (Å²) < 4.78 is 5.32. The van der Waals surface area contributed by atoms with Gasteiger partial charge in [0, 0.05) is 38.1 Å². The zero-order chi connectivity index (χ0) is 14.4. The lowest BCUT2D eigenvalue weighted by molar-refractivity contribution is -0.0219. The van der Waals surface area contributed by atoms with Crippen molar-refractivity contribution in [1.29, 1.82) is 0 Å². The van der Waals surface area contributed by atoms with E-state index in [2.05, 4.69) is 27.5 Å². The third-order valence-electron chi connectivity index (χ3n) is 3.38. The minimum absolute atomic E-state index is 0.573. The summed E-state index contributed by atoms with van der Waals surface area (Å²) in [5.41, 5.74) is 0.343. The molecule has 2 heterocycles. The average Bonchev–Trinajstić information content (AvgIpc) is 2.87. The molecule has 0 amide bonds. The number of hydrogen-bond acceptors (Lipinski definition) is 6. The van der Waals surface area contributed by atoms with Crippen LogP contribution in [0, 0.1) is 0 Å². The first-order valence-electron chi connectivity index (χ1n) is 7.25. The van der Waals surface area contributed by atoms with Crippen LogP contribution in [0.15, 0.2) is 5.38 Å². The molecular weight excluding hydrogens is 274 g/mol. The average molecular weight is 299 g/mol. The number of aromatic nitrogens is 1. The number of aliphatic hydroxyl groups is 1. The maximum absolute atomic E-state index is 10.4. The summed E-state index contributed by atoms with van der Waals surface area (Å²) in [6.07, 6.45) is 0.986. The molecule has 2 rings (SSSR count). The van der Waals surface area contributed by atoms with Crippen LogP contribution < -0.4 is 5.32 Å². The van der Waals surface area contributed by atoms with E-state index in [9.17, 15) is 5.11 Å². The molecule has 114 valence electrons. The van der Waals surface area contributed by atoms with Crippen molar-refractivity contribution in [2.24, 2.45) is 0 Å². The van der Waals surface area contributed by atoms with E-state index in [1.807, 2.05) is 6.92 Å². The molecule has 0 aromatic carbocycles. The molecule has 1 aromatic heterocycles. The number of hydrogen-bond donors (Lipinski definition) is 2. The zero-order valence-corrected chi connectivity index (χ0v) is 13.2. The van der Waals surface area contributed by atoms with Crippen LogP contribution in [0.25, 0.3) is 0 Å². The van der Waals surface area contributed by atoms with Gasteiger partial charge in [-0.2, -0.15) is 0 Å². The Bertz CT molecular complexity index is 403. The Morgan fingerprint density at radius 2 is 2.25 bits per heavy atom. The molecule has 1 unspecified atom stereocenters. The minimum atomic E-state index is -0.721. The van der Waals surface area contributed by atoms with Crippen molar-refractivity contribution in [2.45, 2.75) is 32.4 Å². The van der Waals surface area contributed by atoms with Gasteiger partial charge in [-0.3, -0.25) is 4.90 Å². The lowest BCUT2D eigenvalue weighted by Crippen LogP contribution is -2.50. The highest BCUT2D eigenvalue weighted by Gasteiger charge is 2.24. The second-order valence-corrected chi connectivity index (χ2v) is 6.52. The van der Waals surface area contributed by atoms with Crippen LogP contribution >= 0.6 is 11.3 Å². The first-order chi connectivity index (χ1) is 9.59. The first-order valence-corrected chi connectivity index (χ1v) is 8.13. The third kappa shape index (κ3) is 5.10. The summed E-state index contributed by atoms with van der Waals surface area (Å²) in [4.78, 5) is 6.76. The number of aryl methyl sites for hydroxylation is 1. The Morgan fingerprint density at radius 3 is 2.90 bits per heavy atom. The Hall–Kier alpha value is -0.530. The van der Waals surface area contributed by atoms with Gasteiger partial charge in [0.2, 0.25) is 0 Å². The number of nitrogens with zero attached hydrogens (tertiary/aromatic N) is 2. The second kappa shape index (κ2) is 7.47. The van der Waals surface area contributed by atoms with Gasteiger partial charge in [-0.1, -0.05) is 6.92 Å². The van der Waals surface area contributed by atoms with Gasteiger partial charge in [-0.05, 0) is 13.3 Å². The largest absolute Gasteiger partial charge is 0.388 e. The van der Waals surface area contributed by atoms with Gasteiger partial charge >= 0.3 is 0 Å². The van der Waals surface area contributed by atoms with Crippen molar-refractivity contribution < 1.29 is 9.84 Å². The molecule has 1 fully saturated rings. The van der Waals surface area contributed by atoms with Gasteiger partial charge in [0.1, 0.15) is 0 Å². The molecule has 0 saturated carbocycles. The molecule has 1 atom stereocenters. The van der Waals surface area contributed by atoms with Crippen molar-refractivity contribution >= 4 is 11.3 Å². The summed E-state index contributed by atoms with van der Waals surface area (Å²) in [6.45, 7) is 9.31. The molecule has 0 aliphatic carbocycles. The molecule has 5 nitrogen and oxygen atoms in total. The maximum atomic E-state index is 10.4. The summed E-state index contributed by atoms with van der Waals surface area (Å²) in [5.74, 6) is 0. The van der Waals surface area contributed by atoms with E-state index in [-0.39, 0.29) is 0 Å². The molecule has 0 radical (unpaired) electrons. The summed E-state index contributed by atoms with van der Waals surface area (Å²) in [6, 6.07) is 0. The molecular formula is C14H25N3O2S. The van der Waals surface area contributed by atoms with Gasteiger partial charge < -0.3 is 15.2 Å². The van der Waals surface area contributed by atoms with Crippen molar-refractivity contribution in [2.75, 3.05) is 39.4 Å². The molecule has 1 aliphatic rings. The van der Waals surface area contributed by atoms with Crippen molar-refractivity contribution in [1.82, 2.24) is 15.2 Å². The molecule has 1 saturated heterocycles. The van der Waals surface area contributed by atoms with Crippen LogP contribution in [-0.4, -0.2) is 60.0 Å². The SMILES string of the molecule is CCc1nc(CNCC(C)(O)CN2CCOCC2)cs1. The molecule has 0 bridgehead atoms. The van der Waals surface area contributed by atoms with Gasteiger partial charge in [0.05, 0.1) is 29.5 Å². The highest BCUT2D eigenvalue weighted by atomic mass is 32.1.